The van der Waals surface area contributed by atoms with Gasteiger partial charge in [-0.2, -0.15) is 0 Å². The van der Waals surface area contributed by atoms with Crippen molar-refractivity contribution in [2.45, 2.75) is 38.0 Å². The van der Waals surface area contributed by atoms with E-state index in [2.05, 4.69) is 5.32 Å². The third-order valence-electron chi connectivity index (χ3n) is 5.85. The molecule has 2 aliphatic heterocycles. The first kappa shape index (κ1) is 18.3. The highest BCUT2D eigenvalue weighted by atomic mass is 16.7. The smallest absolute Gasteiger partial charge is 0.238 e. The first-order valence-corrected chi connectivity index (χ1v) is 9.56. The number of hydrogen-bond acceptors (Lipinski definition) is 5. The Balaban J connectivity index is 1.35. The number of ether oxygens (including phenoxy) is 3. The number of likely N-dealkylation sites (tertiary alicyclic amines) is 1. The van der Waals surface area contributed by atoms with E-state index in [0.717, 1.165) is 11.3 Å². The third-order valence-corrected chi connectivity index (χ3v) is 5.85. The molecular formula is C20H26N2O5. The molecule has 7 heteroatoms. The van der Waals surface area contributed by atoms with Crippen molar-refractivity contribution >= 4 is 11.8 Å². The molecule has 2 amide bonds. The fourth-order valence-corrected chi connectivity index (χ4v) is 4.00. The summed E-state index contributed by atoms with van der Waals surface area (Å²) in [4.78, 5) is 27.6. The number of nitrogens with zero attached hydrogens (tertiary/aromatic N) is 1. The molecule has 4 rings (SSSR count). The molecule has 3 fully saturated rings. The number of methoxy groups -OCH3 is 1. The van der Waals surface area contributed by atoms with Gasteiger partial charge in [-0.05, 0) is 18.9 Å². The summed E-state index contributed by atoms with van der Waals surface area (Å²) in [5.74, 6) is -0.0358. The van der Waals surface area contributed by atoms with Gasteiger partial charge in [0.25, 0.3) is 0 Å². The van der Waals surface area contributed by atoms with Crippen LogP contribution in [-0.4, -0.2) is 55.9 Å². The second-order valence-electron chi connectivity index (χ2n) is 7.48. The van der Waals surface area contributed by atoms with E-state index in [9.17, 15) is 9.59 Å². The fraction of sp³-hybridized carbons (Fsp3) is 0.600. The molecule has 7 nitrogen and oxygen atoms in total. The van der Waals surface area contributed by atoms with E-state index in [0.29, 0.717) is 58.5 Å². The molecule has 27 heavy (non-hydrogen) atoms. The van der Waals surface area contributed by atoms with Crippen molar-refractivity contribution < 1.29 is 23.8 Å². The molecule has 1 aromatic carbocycles. The summed E-state index contributed by atoms with van der Waals surface area (Å²) in [5, 5.41) is 2.93. The third kappa shape index (κ3) is 3.41. The standard InChI is InChI=1S/C20H26N2O5/c1-25-16-5-3-2-4-15(16)14-21-17(23)19(6-7-19)18(24)22-10-8-20(9-11-22)26-12-13-27-20/h2-5H,6-14H2,1H3,(H,21,23). The molecule has 146 valence electrons. The van der Waals surface area contributed by atoms with E-state index in [1.54, 1.807) is 12.0 Å². The summed E-state index contributed by atoms with van der Waals surface area (Å²) in [6.45, 7) is 2.72. The van der Waals surface area contributed by atoms with Gasteiger partial charge in [0.2, 0.25) is 11.8 Å². The molecule has 0 unspecified atom stereocenters. The molecule has 0 bridgehead atoms. The molecular weight excluding hydrogens is 348 g/mol. The fourth-order valence-electron chi connectivity index (χ4n) is 4.00. The van der Waals surface area contributed by atoms with E-state index in [1.165, 1.54) is 0 Å². The molecule has 0 atom stereocenters. The van der Waals surface area contributed by atoms with Crippen LogP contribution in [0.2, 0.25) is 0 Å². The van der Waals surface area contributed by atoms with Crippen LogP contribution in [-0.2, 0) is 25.6 Å². The molecule has 1 aliphatic carbocycles. The maximum absolute atomic E-state index is 13.0. The molecule has 1 saturated carbocycles. The molecule has 1 aromatic rings. The highest BCUT2D eigenvalue weighted by molar-refractivity contribution is 6.07. The quantitative estimate of drug-likeness (QED) is 0.790. The zero-order valence-corrected chi connectivity index (χ0v) is 15.7. The average Bonchev–Trinajstić information content (AvgIpc) is 3.41. The second-order valence-corrected chi connectivity index (χ2v) is 7.48. The lowest BCUT2D eigenvalue weighted by molar-refractivity contribution is -0.188. The van der Waals surface area contributed by atoms with Crippen molar-refractivity contribution in [1.82, 2.24) is 10.2 Å². The molecule has 0 radical (unpaired) electrons. The lowest BCUT2D eigenvalue weighted by Gasteiger charge is -2.38. The van der Waals surface area contributed by atoms with Gasteiger partial charge in [0.15, 0.2) is 5.79 Å². The first-order chi connectivity index (χ1) is 13.1. The Labute approximate surface area is 158 Å². The Morgan fingerprint density at radius 1 is 1.11 bits per heavy atom. The van der Waals surface area contributed by atoms with Gasteiger partial charge in [0.1, 0.15) is 11.2 Å². The van der Waals surface area contributed by atoms with Gasteiger partial charge in [0, 0.05) is 38.0 Å². The van der Waals surface area contributed by atoms with E-state index in [1.807, 2.05) is 24.3 Å². The second kappa shape index (κ2) is 7.13. The highest BCUT2D eigenvalue weighted by Crippen LogP contribution is 2.48. The minimum Gasteiger partial charge on any atom is -0.496 e. The first-order valence-electron chi connectivity index (χ1n) is 9.56. The number of para-hydroxylation sites is 1. The van der Waals surface area contributed by atoms with Gasteiger partial charge in [-0.15, -0.1) is 0 Å². The molecule has 2 heterocycles. The minimum absolute atomic E-state index is 0.0622. The molecule has 3 aliphatic rings. The zero-order valence-electron chi connectivity index (χ0n) is 15.7. The van der Waals surface area contributed by atoms with Crippen LogP contribution >= 0.6 is 0 Å². The average molecular weight is 374 g/mol. The van der Waals surface area contributed by atoms with Crippen LogP contribution in [0, 0.1) is 5.41 Å². The summed E-state index contributed by atoms with van der Waals surface area (Å²) in [7, 11) is 1.60. The number of benzene rings is 1. The summed E-state index contributed by atoms with van der Waals surface area (Å²) in [5.41, 5.74) is -0.00349. The van der Waals surface area contributed by atoms with E-state index in [-0.39, 0.29) is 11.8 Å². The van der Waals surface area contributed by atoms with Crippen LogP contribution in [0.4, 0.5) is 0 Å². The monoisotopic (exact) mass is 374 g/mol. The highest BCUT2D eigenvalue weighted by Gasteiger charge is 2.58. The van der Waals surface area contributed by atoms with Gasteiger partial charge in [-0.1, -0.05) is 18.2 Å². The van der Waals surface area contributed by atoms with Gasteiger partial charge in [-0.25, -0.2) is 0 Å². The van der Waals surface area contributed by atoms with Crippen molar-refractivity contribution in [1.29, 1.82) is 0 Å². The van der Waals surface area contributed by atoms with Crippen molar-refractivity contribution in [2.24, 2.45) is 5.41 Å². The number of nitrogens with one attached hydrogen (secondary N) is 1. The summed E-state index contributed by atoms with van der Waals surface area (Å²) < 4.78 is 16.7. The number of carbonyl (C=O) groups is 2. The van der Waals surface area contributed by atoms with E-state index < -0.39 is 11.2 Å². The summed E-state index contributed by atoms with van der Waals surface area (Å²) >= 11 is 0. The molecule has 1 spiro atoms. The Morgan fingerprint density at radius 2 is 1.78 bits per heavy atom. The van der Waals surface area contributed by atoms with Crippen molar-refractivity contribution in [3.05, 3.63) is 29.8 Å². The largest absolute Gasteiger partial charge is 0.496 e. The van der Waals surface area contributed by atoms with Crippen molar-refractivity contribution in [3.8, 4) is 5.75 Å². The lowest BCUT2D eigenvalue weighted by atomic mass is 9.98. The lowest BCUT2D eigenvalue weighted by Crippen LogP contribution is -2.51. The van der Waals surface area contributed by atoms with Crippen LogP contribution in [0.3, 0.4) is 0 Å². The van der Waals surface area contributed by atoms with Crippen LogP contribution in [0.25, 0.3) is 0 Å². The predicted octanol–water partition coefficient (Wildman–Crippen LogP) is 1.46. The number of piperidine rings is 1. The number of hydrogen-bond donors (Lipinski definition) is 1. The maximum Gasteiger partial charge on any atom is 0.238 e. The van der Waals surface area contributed by atoms with Crippen LogP contribution in [0.5, 0.6) is 5.75 Å². The van der Waals surface area contributed by atoms with Crippen molar-refractivity contribution in [3.63, 3.8) is 0 Å². The van der Waals surface area contributed by atoms with E-state index in [4.69, 9.17) is 14.2 Å². The van der Waals surface area contributed by atoms with Gasteiger partial charge in [-0.3, -0.25) is 9.59 Å². The van der Waals surface area contributed by atoms with Crippen LogP contribution in [0.1, 0.15) is 31.2 Å². The van der Waals surface area contributed by atoms with Crippen LogP contribution < -0.4 is 10.1 Å². The molecule has 0 aromatic heterocycles. The normalized spacial score (nSPS) is 22.5. The summed E-state index contributed by atoms with van der Waals surface area (Å²) in [6, 6.07) is 7.55. The maximum atomic E-state index is 13.0. The number of carbonyl (C=O) groups excluding carboxylic acids is 2. The van der Waals surface area contributed by atoms with Gasteiger partial charge < -0.3 is 24.4 Å². The Bertz CT molecular complexity index is 715. The number of rotatable bonds is 5. The Morgan fingerprint density at radius 3 is 2.41 bits per heavy atom. The van der Waals surface area contributed by atoms with Crippen LogP contribution in [0.15, 0.2) is 24.3 Å². The van der Waals surface area contributed by atoms with E-state index >= 15 is 0 Å². The Kier molecular flexibility index (Phi) is 4.82. The minimum atomic E-state index is -0.899. The van der Waals surface area contributed by atoms with Crippen molar-refractivity contribution in [2.75, 3.05) is 33.4 Å². The SMILES string of the molecule is COc1ccccc1CNC(=O)C1(C(=O)N2CCC3(CC2)OCCO3)CC1. The van der Waals surface area contributed by atoms with Gasteiger partial charge in [0.05, 0.1) is 20.3 Å². The predicted molar refractivity (Wildman–Crippen MR) is 97.0 cm³/mol. The Hall–Kier alpha value is -2.12. The number of amides is 2. The topological polar surface area (TPSA) is 77.1 Å². The summed E-state index contributed by atoms with van der Waals surface area (Å²) in [6.07, 6.45) is 2.55. The molecule has 2 saturated heterocycles. The zero-order chi connectivity index (χ0) is 18.9. The molecule has 1 N–H and O–H groups in total. The van der Waals surface area contributed by atoms with Gasteiger partial charge >= 0.3 is 0 Å².